The molecule has 5 nitrogen and oxygen atoms in total. The maximum Gasteiger partial charge on any atom is 0.231 e. The fraction of sp³-hybridized carbons (Fsp3) is 0.235. The van der Waals surface area contributed by atoms with Crippen molar-refractivity contribution >= 4 is 0 Å². The van der Waals surface area contributed by atoms with E-state index in [0.29, 0.717) is 23.7 Å². The first-order valence-electron chi connectivity index (χ1n) is 6.96. The largest absolute Gasteiger partial charge is 0.467 e. The summed E-state index contributed by atoms with van der Waals surface area (Å²) in [4.78, 5) is 0. The highest BCUT2D eigenvalue weighted by Crippen LogP contribution is 2.39. The molecule has 0 aliphatic carbocycles. The Bertz CT molecular complexity index is 721. The van der Waals surface area contributed by atoms with Crippen LogP contribution in [0.4, 0.5) is 0 Å². The van der Waals surface area contributed by atoms with E-state index in [9.17, 15) is 0 Å². The SMILES string of the molecule is CCOCOc1ccc(C#N)cc1-c1ccc2c(c1)OCO2. The van der Waals surface area contributed by atoms with Crippen LogP contribution in [-0.4, -0.2) is 20.2 Å². The molecule has 0 unspecified atom stereocenters. The number of rotatable bonds is 5. The minimum Gasteiger partial charge on any atom is -0.467 e. The van der Waals surface area contributed by atoms with Crippen molar-refractivity contribution < 1.29 is 18.9 Å². The van der Waals surface area contributed by atoms with Crippen LogP contribution >= 0.6 is 0 Å². The quantitative estimate of drug-likeness (QED) is 0.626. The van der Waals surface area contributed by atoms with Crippen molar-refractivity contribution in [3.8, 4) is 34.4 Å². The van der Waals surface area contributed by atoms with Crippen LogP contribution in [0.3, 0.4) is 0 Å². The van der Waals surface area contributed by atoms with Crippen LogP contribution in [-0.2, 0) is 4.74 Å². The summed E-state index contributed by atoms with van der Waals surface area (Å²) in [5, 5.41) is 9.11. The average Bonchev–Trinajstić information content (AvgIpc) is 3.03. The highest BCUT2D eigenvalue weighted by molar-refractivity contribution is 5.74. The van der Waals surface area contributed by atoms with Crippen molar-refractivity contribution in [3.05, 3.63) is 42.0 Å². The van der Waals surface area contributed by atoms with Crippen molar-refractivity contribution in [1.29, 1.82) is 5.26 Å². The molecule has 0 amide bonds. The molecule has 0 saturated heterocycles. The third-order valence-corrected chi connectivity index (χ3v) is 3.29. The first-order chi connectivity index (χ1) is 10.8. The maximum absolute atomic E-state index is 9.11. The molecule has 1 aliphatic rings. The lowest BCUT2D eigenvalue weighted by Gasteiger charge is -2.12. The van der Waals surface area contributed by atoms with Crippen molar-refractivity contribution in [1.82, 2.24) is 0 Å². The van der Waals surface area contributed by atoms with Crippen LogP contribution in [0.2, 0.25) is 0 Å². The summed E-state index contributed by atoms with van der Waals surface area (Å²) in [5.74, 6) is 2.07. The Kier molecular flexibility index (Phi) is 4.12. The molecular weight excluding hydrogens is 282 g/mol. The van der Waals surface area contributed by atoms with Crippen molar-refractivity contribution in [2.45, 2.75) is 6.92 Å². The van der Waals surface area contributed by atoms with Crippen LogP contribution in [0.15, 0.2) is 36.4 Å². The minimum atomic E-state index is 0.167. The smallest absolute Gasteiger partial charge is 0.231 e. The number of hydrogen-bond donors (Lipinski definition) is 0. The number of ether oxygens (including phenoxy) is 4. The Morgan fingerprint density at radius 1 is 1.14 bits per heavy atom. The molecular formula is C17H15NO4. The molecule has 0 atom stereocenters. The summed E-state index contributed by atoms with van der Waals surface area (Å²) in [6.45, 7) is 2.88. The number of nitrogens with zero attached hydrogens (tertiary/aromatic N) is 1. The number of nitriles is 1. The van der Waals surface area contributed by atoms with Crippen molar-refractivity contribution in [2.24, 2.45) is 0 Å². The fourth-order valence-corrected chi connectivity index (χ4v) is 2.20. The predicted octanol–water partition coefficient (Wildman–Crippen LogP) is 3.33. The van der Waals surface area contributed by atoms with Gasteiger partial charge in [0.15, 0.2) is 18.3 Å². The van der Waals surface area contributed by atoms with E-state index in [2.05, 4.69) is 6.07 Å². The van der Waals surface area contributed by atoms with Gasteiger partial charge < -0.3 is 18.9 Å². The number of benzene rings is 2. The zero-order chi connectivity index (χ0) is 15.4. The molecule has 0 spiro atoms. The lowest BCUT2D eigenvalue weighted by atomic mass is 10.0. The molecule has 0 fully saturated rings. The summed E-state index contributed by atoms with van der Waals surface area (Å²) in [6, 6.07) is 13.1. The van der Waals surface area contributed by atoms with Gasteiger partial charge in [0.1, 0.15) is 5.75 Å². The van der Waals surface area contributed by atoms with E-state index in [-0.39, 0.29) is 13.6 Å². The normalized spacial score (nSPS) is 12.0. The molecule has 0 radical (unpaired) electrons. The Morgan fingerprint density at radius 2 is 2.00 bits per heavy atom. The number of fused-ring (bicyclic) bond motifs is 1. The van der Waals surface area contributed by atoms with Crippen molar-refractivity contribution in [3.63, 3.8) is 0 Å². The summed E-state index contributed by atoms with van der Waals surface area (Å²) in [6.07, 6.45) is 0. The predicted molar refractivity (Wildman–Crippen MR) is 79.8 cm³/mol. The second-order valence-electron chi connectivity index (χ2n) is 4.65. The zero-order valence-corrected chi connectivity index (χ0v) is 12.2. The second-order valence-corrected chi connectivity index (χ2v) is 4.65. The molecule has 1 heterocycles. The van der Waals surface area contributed by atoms with Gasteiger partial charge in [-0.15, -0.1) is 0 Å². The average molecular weight is 297 g/mol. The summed E-state index contributed by atoms with van der Waals surface area (Å²) in [5.41, 5.74) is 2.28. The molecule has 0 bridgehead atoms. The van der Waals surface area contributed by atoms with E-state index in [4.69, 9.17) is 24.2 Å². The van der Waals surface area contributed by atoms with E-state index in [0.717, 1.165) is 16.9 Å². The lowest BCUT2D eigenvalue weighted by Crippen LogP contribution is -2.03. The van der Waals surface area contributed by atoms with E-state index in [1.54, 1.807) is 18.2 Å². The van der Waals surface area contributed by atoms with E-state index < -0.39 is 0 Å². The van der Waals surface area contributed by atoms with Gasteiger partial charge in [-0.2, -0.15) is 5.26 Å². The van der Waals surface area contributed by atoms with Gasteiger partial charge in [-0.3, -0.25) is 0 Å². The van der Waals surface area contributed by atoms with Gasteiger partial charge in [-0.25, -0.2) is 0 Å². The Labute approximate surface area is 128 Å². The van der Waals surface area contributed by atoms with Crippen LogP contribution in [0.1, 0.15) is 12.5 Å². The van der Waals surface area contributed by atoms with E-state index in [1.807, 2.05) is 25.1 Å². The van der Waals surface area contributed by atoms with Gasteiger partial charge in [0.2, 0.25) is 6.79 Å². The molecule has 5 heteroatoms. The lowest BCUT2D eigenvalue weighted by molar-refractivity contribution is 0.0227. The molecule has 2 aromatic carbocycles. The topological polar surface area (TPSA) is 60.7 Å². The molecule has 3 rings (SSSR count). The van der Waals surface area contributed by atoms with Crippen LogP contribution < -0.4 is 14.2 Å². The summed E-state index contributed by atoms with van der Waals surface area (Å²) >= 11 is 0. The Balaban J connectivity index is 1.98. The third kappa shape index (κ3) is 2.83. The number of hydrogen-bond acceptors (Lipinski definition) is 5. The Morgan fingerprint density at radius 3 is 2.82 bits per heavy atom. The van der Waals surface area contributed by atoms with E-state index >= 15 is 0 Å². The van der Waals surface area contributed by atoms with Crippen LogP contribution in [0.25, 0.3) is 11.1 Å². The second kappa shape index (κ2) is 6.37. The highest BCUT2D eigenvalue weighted by Gasteiger charge is 2.16. The van der Waals surface area contributed by atoms with Gasteiger partial charge in [-0.1, -0.05) is 6.07 Å². The standard InChI is InChI=1S/C17H15NO4/c1-2-19-10-20-15-5-3-12(9-18)7-14(15)13-4-6-16-17(8-13)22-11-21-16/h3-8H,2,10-11H2,1H3. The van der Waals surface area contributed by atoms with Crippen molar-refractivity contribution in [2.75, 3.05) is 20.2 Å². The molecule has 2 aromatic rings. The van der Waals surface area contributed by atoms with E-state index in [1.165, 1.54) is 0 Å². The Hall–Kier alpha value is -2.71. The van der Waals surface area contributed by atoms with Crippen LogP contribution in [0.5, 0.6) is 17.2 Å². The molecule has 0 aromatic heterocycles. The minimum absolute atomic E-state index is 0.167. The van der Waals surface area contributed by atoms with Gasteiger partial charge in [-0.05, 0) is 42.8 Å². The summed E-state index contributed by atoms with van der Waals surface area (Å²) in [7, 11) is 0. The van der Waals surface area contributed by atoms with Gasteiger partial charge in [0.05, 0.1) is 11.6 Å². The highest BCUT2D eigenvalue weighted by atomic mass is 16.7. The van der Waals surface area contributed by atoms with Gasteiger partial charge in [0, 0.05) is 12.2 Å². The molecule has 1 aliphatic heterocycles. The third-order valence-electron chi connectivity index (χ3n) is 3.29. The van der Waals surface area contributed by atoms with Crippen LogP contribution in [0, 0.1) is 11.3 Å². The summed E-state index contributed by atoms with van der Waals surface area (Å²) < 4.78 is 21.6. The van der Waals surface area contributed by atoms with Gasteiger partial charge in [0.25, 0.3) is 0 Å². The fourth-order valence-electron chi connectivity index (χ4n) is 2.20. The monoisotopic (exact) mass is 297 g/mol. The van der Waals surface area contributed by atoms with Gasteiger partial charge >= 0.3 is 0 Å². The molecule has 22 heavy (non-hydrogen) atoms. The maximum atomic E-state index is 9.11. The first kappa shape index (κ1) is 14.2. The molecule has 112 valence electrons. The molecule has 0 saturated carbocycles. The molecule has 0 N–H and O–H groups in total. The first-order valence-corrected chi connectivity index (χ1v) is 6.96. The zero-order valence-electron chi connectivity index (χ0n) is 12.2.